The van der Waals surface area contributed by atoms with Crippen LogP contribution >= 0.6 is 11.6 Å². The summed E-state index contributed by atoms with van der Waals surface area (Å²) < 4.78 is 10.8. The Hall–Kier alpha value is -2.73. The Labute approximate surface area is 189 Å². The molecule has 0 saturated carbocycles. The average Bonchev–Trinajstić information content (AvgIpc) is 2.78. The molecule has 0 aliphatic rings. The molecule has 0 fully saturated rings. The minimum absolute atomic E-state index is 0.0996. The van der Waals surface area contributed by atoms with Crippen molar-refractivity contribution in [2.45, 2.75) is 45.7 Å². The van der Waals surface area contributed by atoms with Gasteiger partial charge in [0, 0.05) is 24.5 Å². The number of rotatable bonds is 12. The number of nitrogens with one attached hydrogen (secondary N) is 1. The van der Waals surface area contributed by atoms with Crippen LogP contribution in [0.1, 0.15) is 38.7 Å². The van der Waals surface area contributed by atoms with E-state index in [9.17, 15) is 9.59 Å². The average molecular weight is 447 g/mol. The van der Waals surface area contributed by atoms with Gasteiger partial charge < -0.3 is 19.7 Å². The molecule has 168 valence electrons. The zero-order chi connectivity index (χ0) is 22.6. The van der Waals surface area contributed by atoms with E-state index >= 15 is 0 Å². The molecule has 0 radical (unpaired) electrons. The minimum Gasteiger partial charge on any atom is -0.497 e. The van der Waals surface area contributed by atoms with Crippen LogP contribution in [0.4, 0.5) is 0 Å². The first-order valence-corrected chi connectivity index (χ1v) is 10.9. The summed E-state index contributed by atoms with van der Waals surface area (Å²) in [5.74, 6) is 1.22. The molecule has 0 bridgehead atoms. The normalized spacial score (nSPS) is 11.5. The summed E-state index contributed by atoms with van der Waals surface area (Å²) in [7, 11) is 1.61. The van der Waals surface area contributed by atoms with E-state index in [4.69, 9.17) is 21.1 Å². The Morgan fingerprint density at radius 1 is 1.13 bits per heavy atom. The number of methoxy groups -OCH3 is 1. The number of hydrogen-bond donors (Lipinski definition) is 1. The predicted octanol–water partition coefficient (Wildman–Crippen LogP) is 4.45. The maximum Gasteiger partial charge on any atom is 0.242 e. The first-order valence-electron chi connectivity index (χ1n) is 10.5. The summed E-state index contributed by atoms with van der Waals surface area (Å²) in [5, 5.41) is 3.47. The van der Waals surface area contributed by atoms with Crippen molar-refractivity contribution in [3.05, 3.63) is 59.1 Å². The van der Waals surface area contributed by atoms with Crippen molar-refractivity contribution in [2.24, 2.45) is 0 Å². The van der Waals surface area contributed by atoms with Crippen LogP contribution in [0.2, 0.25) is 5.02 Å². The van der Waals surface area contributed by atoms with Crippen LogP contribution in [0, 0.1) is 0 Å². The van der Waals surface area contributed by atoms with Crippen molar-refractivity contribution in [3.63, 3.8) is 0 Å². The highest BCUT2D eigenvalue weighted by molar-refractivity contribution is 6.30. The molecular formula is C24H31ClN2O4. The summed E-state index contributed by atoms with van der Waals surface area (Å²) in [5.41, 5.74) is 0.880. The van der Waals surface area contributed by atoms with Gasteiger partial charge in [0.1, 0.15) is 17.5 Å². The van der Waals surface area contributed by atoms with Crippen molar-refractivity contribution in [1.29, 1.82) is 0 Å². The van der Waals surface area contributed by atoms with Crippen LogP contribution in [0.25, 0.3) is 0 Å². The number of amides is 2. The number of carbonyl (C=O) groups excluding carboxylic acids is 2. The fourth-order valence-corrected chi connectivity index (χ4v) is 3.25. The summed E-state index contributed by atoms with van der Waals surface area (Å²) in [6, 6.07) is 14.0. The molecule has 1 atom stereocenters. The smallest absolute Gasteiger partial charge is 0.242 e. The van der Waals surface area contributed by atoms with Gasteiger partial charge >= 0.3 is 0 Å². The highest BCUT2D eigenvalue weighted by Gasteiger charge is 2.25. The molecule has 2 aromatic carbocycles. The maximum absolute atomic E-state index is 13.0. The molecule has 0 spiro atoms. The second-order valence-corrected chi connectivity index (χ2v) is 7.68. The lowest BCUT2D eigenvalue weighted by molar-refractivity contribution is -0.140. The molecule has 1 unspecified atom stereocenters. The highest BCUT2D eigenvalue weighted by atomic mass is 35.5. The monoisotopic (exact) mass is 446 g/mol. The fraction of sp³-hybridized carbons (Fsp3) is 0.417. The molecule has 0 heterocycles. The van der Waals surface area contributed by atoms with E-state index in [1.807, 2.05) is 49.4 Å². The van der Waals surface area contributed by atoms with Gasteiger partial charge in [-0.05, 0) is 61.7 Å². The van der Waals surface area contributed by atoms with Crippen LogP contribution in [0.15, 0.2) is 48.5 Å². The quantitative estimate of drug-likeness (QED) is 0.489. The van der Waals surface area contributed by atoms with Gasteiger partial charge in [0.2, 0.25) is 11.8 Å². The zero-order valence-corrected chi connectivity index (χ0v) is 19.2. The van der Waals surface area contributed by atoms with Crippen LogP contribution in [0.5, 0.6) is 11.5 Å². The standard InChI is InChI=1S/C24H31ClN2O4/c1-4-14-26-24(29)18(2)27(17-19-7-5-8-20(25)16-19)23(28)9-6-15-31-22-12-10-21(30-3)11-13-22/h5,7-8,10-13,16,18H,4,6,9,14-15,17H2,1-3H3,(H,26,29). The van der Waals surface area contributed by atoms with Crippen molar-refractivity contribution in [2.75, 3.05) is 20.3 Å². The van der Waals surface area contributed by atoms with Crippen molar-refractivity contribution < 1.29 is 19.1 Å². The lowest BCUT2D eigenvalue weighted by atomic mass is 10.1. The SMILES string of the molecule is CCCNC(=O)C(C)N(Cc1cccc(Cl)c1)C(=O)CCCOc1ccc(OC)cc1. The first kappa shape index (κ1) is 24.5. The Morgan fingerprint density at radius 2 is 1.84 bits per heavy atom. The van der Waals surface area contributed by atoms with E-state index < -0.39 is 6.04 Å². The number of nitrogens with zero attached hydrogens (tertiary/aromatic N) is 1. The Kier molecular flexibility index (Phi) is 10.2. The van der Waals surface area contributed by atoms with Gasteiger partial charge in [0.25, 0.3) is 0 Å². The van der Waals surface area contributed by atoms with Crippen molar-refractivity contribution in [3.8, 4) is 11.5 Å². The zero-order valence-electron chi connectivity index (χ0n) is 18.4. The molecule has 0 aliphatic heterocycles. The Morgan fingerprint density at radius 3 is 2.48 bits per heavy atom. The third kappa shape index (κ3) is 8.13. The summed E-state index contributed by atoms with van der Waals surface area (Å²) in [4.78, 5) is 27.1. The summed E-state index contributed by atoms with van der Waals surface area (Å²) >= 11 is 6.09. The van der Waals surface area contributed by atoms with Gasteiger partial charge in [0.15, 0.2) is 0 Å². The summed E-state index contributed by atoms with van der Waals surface area (Å²) in [6.07, 6.45) is 1.66. The molecule has 2 rings (SSSR count). The number of benzene rings is 2. The second kappa shape index (κ2) is 12.8. The summed E-state index contributed by atoms with van der Waals surface area (Å²) in [6.45, 7) is 5.04. The molecule has 7 heteroatoms. The van der Waals surface area contributed by atoms with Gasteiger partial charge in [-0.3, -0.25) is 9.59 Å². The van der Waals surface area contributed by atoms with Crippen LogP contribution in [0.3, 0.4) is 0 Å². The largest absolute Gasteiger partial charge is 0.497 e. The van der Waals surface area contributed by atoms with Crippen molar-refractivity contribution >= 4 is 23.4 Å². The third-order valence-corrected chi connectivity index (χ3v) is 5.06. The molecule has 2 aromatic rings. The first-order chi connectivity index (χ1) is 14.9. The van der Waals surface area contributed by atoms with Crippen LogP contribution in [-0.4, -0.2) is 43.0 Å². The Bertz CT molecular complexity index is 842. The van der Waals surface area contributed by atoms with E-state index in [0.717, 1.165) is 23.5 Å². The molecule has 0 saturated heterocycles. The van der Waals surface area contributed by atoms with Gasteiger partial charge in [0.05, 0.1) is 13.7 Å². The third-order valence-electron chi connectivity index (χ3n) is 4.82. The molecule has 1 N–H and O–H groups in total. The molecular weight excluding hydrogens is 416 g/mol. The molecule has 31 heavy (non-hydrogen) atoms. The van der Waals surface area contributed by atoms with Gasteiger partial charge in [-0.1, -0.05) is 30.7 Å². The van der Waals surface area contributed by atoms with Crippen LogP contribution < -0.4 is 14.8 Å². The number of carbonyl (C=O) groups is 2. The van der Waals surface area contributed by atoms with E-state index in [1.165, 1.54) is 0 Å². The molecule has 6 nitrogen and oxygen atoms in total. The maximum atomic E-state index is 13.0. The highest BCUT2D eigenvalue weighted by Crippen LogP contribution is 2.18. The van der Waals surface area contributed by atoms with Crippen LogP contribution in [-0.2, 0) is 16.1 Å². The number of ether oxygens (including phenoxy) is 2. The predicted molar refractivity (Wildman–Crippen MR) is 122 cm³/mol. The second-order valence-electron chi connectivity index (χ2n) is 7.25. The molecule has 0 aliphatic carbocycles. The Balaban J connectivity index is 1.96. The number of hydrogen-bond acceptors (Lipinski definition) is 4. The lowest BCUT2D eigenvalue weighted by Gasteiger charge is -2.29. The van der Waals surface area contributed by atoms with Gasteiger partial charge in [-0.2, -0.15) is 0 Å². The van der Waals surface area contributed by atoms with E-state index in [-0.39, 0.29) is 18.2 Å². The minimum atomic E-state index is -0.583. The number of halogens is 1. The molecule has 0 aromatic heterocycles. The van der Waals surface area contributed by atoms with Crippen molar-refractivity contribution in [1.82, 2.24) is 10.2 Å². The molecule has 2 amide bonds. The van der Waals surface area contributed by atoms with E-state index in [1.54, 1.807) is 25.0 Å². The van der Waals surface area contributed by atoms with Gasteiger partial charge in [-0.15, -0.1) is 0 Å². The van der Waals surface area contributed by atoms with Gasteiger partial charge in [-0.25, -0.2) is 0 Å². The lowest BCUT2D eigenvalue weighted by Crippen LogP contribution is -2.47. The van der Waals surface area contributed by atoms with E-state index in [2.05, 4.69) is 5.32 Å². The van der Waals surface area contributed by atoms with E-state index in [0.29, 0.717) is 31.1 Å². The topological polar surface area (TPSA) is 67.9 Å². The fourth-order valence-electron chi connectivity index (χ4n) is 3.04.